The van der Waals surface area contributed by atoms with Crippen molar-refractivity contribution < 1.29 is 23.9 Å². The molecule has 0 aliphatic carbocycles. The van der Waals surface area contributed by atoms with Crippen LogP contribution in [0.3, 0.4) is 0 Å². The fraction of sp³-hybridized carbons (Fsp3) is 0.435. The van der Waals surface area contributed by atoms with E-state index in [1.165, 1.54) is 23.1 Å². The van der Waals surface area contributed by atoms with Gasteiger partial charge < -0.3 is 30.2 Å². The Bertz CT molecular complexity index is 2770. The molecule has 7 rings (SSSR count). The highest BCUT2D eigenvalue weighted by Crippen LogP contribution is 2.33. The number of benzene rings is 2. The van der Waals surface area contributed by atoms with Crippen molar-refractivity contribution in [1.29, 1.82) is 0 Å². The molecule has 1 aliphatic rings. The molecule has 1 saturated heterocycles. The molecular weight excluding hydrogens is 865 g/mol. The van der Waals surface area contributed by atoms with Crippen LogP contribution in [-0.4, -0.2) is 119 Å². The molecule has 0 unspecified atom stereocenters. The Kier molecular flexibility index (Phi) is 14.9. The van der Waals surface area contributed by atoms with Gasteiger partial charge in [0, 0.05) is 74.4 Å². The molecular formula is C46H58N12O5S2. The number of primary amides is 2. The van der Waals surface area contributed by atoms with Gasteiger partial charge >= 0.3 is 0 Å². The number of carbonyl (C=O) groups excluding carboxylic acids is 4. The van der Waals surface area contributed by atoms with Crippen LogP contribution in [0, 0.1) is 13.8 Å². The minimum absolute atomic E-state index is 0.0179. The standard InChI is InChI=1S/C46H58N12O5S2/c1-8-32-42(65-29(6)49-32)36(59)26-39-50-34-23-31(44(48)61)25-38(64-7)41(34)56(39)14-10-11-15-57-40-33(51-46(57)52-45(62)35-21-28(5)53-58(35)9-2)22-30(43(47)60)24-37(40)63-20-12-13-54-16-18-55(19-17-54)27(3)4/h10-11,21-25,27H,8-9,12-20,26H2,1-7H3,(H2,47,60)(H2,48,61)(H,51,52,62)/b11-10+. The van der Waals surface area contributed by atoms with E-state index in [1.54, 1.807) is 35.0 Å². The summed E-state index contributed by atoms with van der Waals surface area (Å²) < 4.78 is 11.9. The number of aryl methyl sites for hydroxylation is 4. The van der Waals surface area contributed by atoms with Crippen molar-refractivity contribution in [2.45, 2.75) is 91.4 Å². The van der Waals surface area contributed by atoms with Gasteiger partial charge in [0.1, 0.15) is 22.8 Å². The van der Waals surface area contributed by atoms with E-state index in [2.05, 4.69) is 39.0 Å². The molecule has 0 saturated carbocycles. The number of anilines is 1. The zero-order valence-electron chi connectivity index (χ0n) is 38.1. The summed E-state index contributed by atoms with van der Waals surface area (Å²) in [5, 5.41) is 8.28. The summed E-state index contributed by atoms with van der Waals surface area (Å²) in [7, 11) is 0. The number of rotatable bonds is 20. The molecule has 6 aromatic rings. The monoisotopic (exact) mass is 922 g/mol. The molecule has 0 radical (unpaired) electrons. The highest BCUT2D eigenvalue weighted by atomic mass is 32.2. The number of thiazole rings is 1. The number of allylic oxidation sites excluding steroid dienone is 2. The zero-order chi connectivity index (χ0) is 46.5. The molecule has 2 aromatic carbocycles. The fourth-order valence-corrected chi connectivity index (χ4v) is 9.88. The third-order valence-corrected chi connectivity index (χ3v) is 13.4. The van der Waals surface area contributed by atoms with Gasteiger partial charge in [-0.15, -0.1) is 23.1 Å². The summed E-state index contributed by atoms with van der Waals surface area (Å²) in [5.74, 6) is -0.510. The lowest BCUT2D eigenvalue weighted by atomic mass is 10.1. The van der Waals surface area contributed by atoms with Crippen molar-refractivity contribution >= 4 is 74.6 Å². The zero-order valence-corrected chi connectivity index (χ0v) is 39.8. The number of fused-ring (bicyclic) bond motifs is 2. The molecule has 5 heterocycles. The van der Waals surface area contributed by atoms with Crippen LogP contribution in [-0.2, 0) is 32.5 Å². The van der Waals surface area contributed by atoms with Gasteiger partial charge in [0.25, 0.3) is 5.91 Å². The minimum Gasteiger partial charge on any atom is -0.491 e. The number of thioether (sulfide) groups is 1. The summed E-state index contributed by atoms with van der Waals surface area (Å²) >= 11 is 2.83. The van der Waals surface area contributed by atoms with E-state index < -0.39 is 17.7 Å². The van der Waals surface area contributed by atoms with Gasteiger partial charge in [0.05, 0.1) is 50.9 Å². The Hall–Kier alpha value is -5.89. The fourth-order valence-electron chi connectivity index (χ4n) is 8.28. The number of ketones is 1. The van der Waals surface area contributed by atoms with Gasteiger partial charge in [-0.2, -0.15) is 5.10 Å². The maximum atomic E-state index is 13.9. The summed E-state index contributed by atoms with van der Waals surface area (Å²) in [5.41, 5.74) is 16.3. The minimum atomic E-state index is -0.632. The maximum Gasteiger partial charge on any atom is 0.276 e. The average molecular weight is 923 g/mol. The number of amides is 3. The molecule has 19 heteroatoms. The Labute approximate surface area is 386 Å². The van der Waals surface area contributed by atoms with Crippen molar-refractivity contribution in [3.05, 3.63) is 86.4 Å². The van der Waals surface area contributed by atoms with Crippen molar-refractivity contribution in [2.24, 2.45) is 11.5 Å². The molecule has 17 nitrogen and oxygen atoms in total. The van der Waals surface area contributed by atoms with E-state index in [1.807, 2.05) is 55.2 Å². The second kappa shape index (κ2) is 20.5. The number of hydrogen-bond donors (Lipinski definition) is 3. The second-order valence-corrected chi connectivity index (χ2v) is 18.4. The van der Waals surface area contributed by atoms with Crippen LogP contribution in [0.5, 0.6) is 5.75 Å². The number of imidazole rings is 2. The Balaban J connectivity index is 1.23. The van der Waals surface area contributed by atoms with Gasteiger partial charge in [-0.25, -0.2) is 15.0 Å². The van der Waals surface area contributed by atoms with Crippen LogP contribution in [0.4, 0.5) is 5.95 Å². The first-order valence-corrected chi connectivity index (χ1v) is 24.0. The lowest BCUT2D eigenvalue weighted by Gasteiger charge is -2.36. The number of nitrogens with one attached hydrogen (secondary N) is 1. The Morgan fingerprint density at radius 1 is 0.892 bits per heavy atom. The topological polar surface area (TPSA) is 214 Å². The first-order valence-electron chi connectivity index (χ1n) is 22.0. The van der Waals surface area contributed by atoms with Gasteiger partial charge in [0.2, 0.25) is 17.8 Å². The molecule has 4 aromatic heterocycles. The predicted molar refractivity (Wildman–Crippen MR) is 256 cm³/mol. The summed E-state index contributed by atoms with van der Waals surface area (Å²) in [4.78, 5) is 73.4. The largest absolute Gasteiger partial charge is 0.491 e. The van der Waals surface area contributed by atoms with Crippen LogP contribution in [0.2, 0.25) is 0 Å². The highest BCUT2D eigenvalue weighted by Gasteiger charge is 2.25. The highest BCUT2D eigenvalue weighted by molar-refractivity contribution is 7.98. The second-order valence-electron chi connectivity index (χ2n) is 16.3. The first kappa shape index (κ1) is 47.1. The number of hydrogen-bond acceptors (Lipinski definition) is 13. The molecule has 5 N–H and O–H groups in total. The molecule has 0 bridgehead atoms. The van der Waals surface area contributed by atoms with Gasteiger partial charge in [-0.1, -0.05) is 19.1 Å². The molecule has 65 heavy (non-hydrogen) atoms. The third-order valence-electron chi connectivity index (χ3n) is 11.6. The van der Waals surface area contributed by atoms with E-state index in [4.69, 9.17) is 26.2 Å². The number of aromatic nitrogens is 7. The Morgan fingerprint density at radius 2 is 1.57 bits per heavy atom. The average Bonchev–Trinajstić information content (AvgIpc) is 4.05. The SMILES string of the molecule is CCc1nc(C)sc1C(=O)Cc1nc2cc(C(N)=O)cc(SC)c2n1C/C=C/Cn1c(NC(=O)c2cc(C)nn2CC)nc2cc(C(N)=O)cc(OCCCN3CCN(C(C)C)CC3)c21. The lowest BCUT2D eigenvalue weighted by molar-refractivity contribution is 0.0986. The van der Waals surface area contributed by atoms with E-state index in [9.17, 15) is 19.2 Å². The van der Waals surface area contributed by atoms with Crippen LogP contribution >= 0.6 is 23.1 Å². The summed E-state index contributed by atoms with van der Waals surface area (Å²) in [6.45, 7) is 18.4. The number of ether oxygens (including phenoxy) is 1. The molecule has 344 valence electrons. The van der Waals surface area contributed by atoms with Gasteiger partial charge in [-0.3, -0.25) is 34.1 Å². The number of piperazine rings is 1. The molecule has 0 atom stereocenters. The van der Waals surface area contributed by atoms with Crippen molar-refractivity contribution in [3.63, 3.8) is 0 Å². The van der Waals surface area contributed by atoms with Gasteiger partial charge in [0.15, 0.2) is 5.78 Å². The predicted octanol–water partition coefficient (Wildman–Crippen LogP) is 5.89. The summed E-state index contributed by atoms with van der Waals surface area (Å²) in [6, 6.07) is 8.89. The van der Waals surface area contributed by atoms with Crippen molar-refractivity contribution in [1.82, 2.24) is 43.7 Å². The quantitative estimate of drug-likeness (QED) is 0.0354. The van der Waals surface area contributed by atoms with Crippen LogP contribution in [0.25, 0.3) is 22.1 Å². The molecule has 3 amide bonds. The summed E-state index contributed by atoms with van der Waals surface area (Å²) in [6.07, 6.45) is 7.21. The molecule has 0 spiro atoms. The van der Waals surface area contributed by atoms with Crippen LogP contribution in [0.15, 0.2) is 47.4 Å². The van der Waals surface area contributed by atoms with Crippen molar-refractivity contribution in [2.75, 3.05) is 50.9 Å². The first-order chi connectivity index (χ1) is 31.2. The number of Topliss-reactive ketones (excluding diaryl/α,β-unsaturated/α-hetero) is 1. The van der Waals surface area contributed by atoms with E-state index in [0.29, 0.717) is 82.1 Å². The van der Waals surface area contributed by atoms with E-state index in [0.717, 1.165) is 60.3 Å². The van der Waals surface area contributed by atoms with E-state index >= 15 is 0 Å². The molecule has 1 fully saturated rings. The van der Waals surface area contributed by atoms with Crippen molar-refractivity contribution in [3.8, 4) is 5.75 Å². The smallest absolute Gasteiger partial charge is 0.276 e. The van der Waals surface area contributed by atoms with Gasteiger partial charge in [-0.05, 0) is 84.0 Å². The molecule has 1 aliphatic heterocycles. The third kappa shape index (κ3) is 10.5. The van der Waals surface area contributed by atoms with Crippen LogP contribution in [0.1, 0.15) is 97.2 Å². The number of nitrogens with two attached hydrogens (primary N) is 2. The number of carbonyl (C=O) groups is 4. The maximum absolute atomic E-state index is 13.9. The lowest BCUT2D eigenvalue weighted by Crippen LogP contribution is -2.49. The van der Waals surface area contributed by atoms with Crippen LogP contribution < -0.4 is 21.5 Å². The normalized spacial score (nSPS) is 13.8. The Morgan fingerprint density at radius 3 is 2.22 bits per heavy atom. The van der Waals surface area contributed by atoms with E-state index in [-0.39, 0.29) is 30.3 Å². The number of nitrogens with zero attached hydrogens (tertiary/aromatic N) is 9.